The number of carbonyl (C=O) groups excluding carboxylic acids is 3. The minimum absolute atomic E-state index is 0.193. The molecule has 0 spiro atoms. The Kier molecular flexibility index (Phi) is 3.75. The predicted octanol–water partition coefficient (Wildman–Crippen LogP) is -0.514. The average Bonchev–Trinajstić information content (AvgIpc) is 2.28. The number of rotatable bonds is 3. The van der Waals surface area contributed by atoms with Gasteiger partial charge in [-0.15, -0.1) is 0 Å². The number of ether oxygens (including phenoxy) is 1. The van der Waals surface area contributed by atoms with Crippen molar-refractivity contribution in [3.05, 3.63) is 0 Å². The van der Waals surface area contributed by atoms with Gasteiger partial charge in [0.2, 0.25) is 0 Å². The van der Waals surface area contributed by atoms with E-state index in [2.05, 4.69) is 4.74 Å². The summed E-state index contributed by atoms with van der Waals surface area (Å²) < 4.78 is 4.67. The number of piperazine rings is 1. The molecule has 0 unspecified atom stereocenters. The van der Waals surface area contributed by atoms with E-state index in [1.54, 1.807) is 20.9 Å². The fraction of sp³-hybridized carbons (Fsp3) is 0.727. The molecule has 0 aromatic rings. The molecular weight excluding hydrogens is 224 g/mol. The summed E-state index contributed by atoms with van der Waals surface area (Å²) in [6, 6.07) is 0. The van der Waals surface area contributed by atoms with Crippen LogP contribution in [0.5, 0.6) is 0 Å². The zero-order valence-corrected chi connectivity index (χ0v) is 10.6. The van der Waals surface area contributed by atoms with Crippen molar-refractivity contribution in [2.24, 2.45) is 5.41 Å². The van der Waals surface area contributed by atoms with E-state index >= 15 is 0 Å². The van der Waals surface area contributed by atoms with Gasteiger partial charge in [-0.2, -0.15) is 0 Å². The number of methoxy groups -OCH3 is 1. The maximum absolute atomic E-state index is 11.7. The first-order valence-corrected chi connectivity index (χ1v) is 5.42. The maximum Gasteiger partial charge on any atom is 0.313 e. The normalized spacial score (nSPS) is 17.4. The lowest BCUT2D eigenvalue weighted by Gasteiger charge is -2.35. The minimum atomic E-state index is -0.805. The lowest BCUT2D eigenvalue weighted by molar-refractivity contribution is -0.160. The summed E-state index contributed by atoms with van der Waals surface area (Å²) in [7, 11) is 2.89. The Morgan fingerprint density at radius 1 is 1.29 bits per heavy atom. The highest BCUT2D eigenvalue weighted by molar-refractivity contribution is 6.35. The van der Waals surface area contributed by atoms with E-state index in [4.69, 9.17) is 0 Å². The second kappa shape index (κ2) is 4.73. The molecule has 0 aromatic carbocycles. The van der Waals surface area contributed by atoms with E-state index in [-0.39, 0.29) is 6.54 Å². The van der Waals surface area contributed by atoms with E-state index in [1.807, 2.05) is 0 Å². The van der Waals surface area contributed by atoms with Crippen LogP contribution in [0.4, 0.5) is 0 Å². The molecule has 0 atom stereocenters. The molecule has 6 heteroatoms. The summed E-state index contributed by atoms with van der Waals surface area (Å²) in [5.41, 5.74) is -0.805. The van der Waals surface area contributed by atoms with Crippen LogP contribution in [0.3, 0.4) is 0 Å². The number of esters is 1. The monoisotopic (exact) mass is 242 g/mol. The van der Waals surface area contributed by atoms with Crippen LogP contribution in [0, 0.1) is 5.41 Å². The quantitative estimate of drug-likeness (QED) is 0.493. The molecule has 96 valence electrons. The van der Waals surface area contributed by atoms with Crippen LogP contribution < -0.4 is 0 Å². The molecule has 0 radical (unpaired) electrons. The van der Waals surface area contributed by atoms with Gasteiger partial charge in [-0.1, -0.05) is 0 Å². The van der Waals surface area contributed by atoms with E-state index in [0.717, 1.165) is 0 Å². The van der Waals surface area contributed by atoms with Crippen LogP contribution in [-0.4, -0.2) is 61.4 Å². The Labute approximate surface area is 101 Å². The van der Waals surface area contributed by atoms with Crippen molar-refractivity contribution in [2.75, 3.05) is 33.8 Å². The fourth-order valence-electron chi connectivity index (χ4n) is 1.74. The van der Waals surface area contributed by atoms with Crippen molar-refractivity contribution in [3.8, 4) is 0 Å². The SMILES string of the molecule is COC(=O)C(C)(C)CN1CCN(C)C(=O)C1=O. The van der Waals surface area contributed by atoms with Gasteiger partial charge in [-0.3, -0.25) is 14.4 Å². The van der Waals surface area contributed by atoms with Crippen LogP contribution in [0.1, 0.15) is 13.8 Å². The lowest BCUT2D eigenvalue weighted by atomic mass is 9.92. The van der Waals surface area contributed by atoms with Gasteiger partial charge in [0.25, 0.3) is 0 Å². The second-order valence-electron chi connectivity index (χ2n) is 4.83. The highest BCUT2D eigenvalue weighted by Crippen LogP contribution is 2.20. The van der Waals surface area contributed by atoms with Crippen molar-refractivity contribution in [1.82, 2.24) is 9.80 Å². The zero-order chi connectivity index (χ0) is 13.2. The van der Waals surface area contributed by atoms with Gasteiger partial charge in [-0.25, -0.2) is 0 Å². The largest absolute Gasteiger partial charge is 0.469 e. The maximum atomic E-state index is 11.7. The minimum Gasteiger partial charge on any atom is -0.469 e. The number of likely N-dealkylation sites (N-methyl/N-ethyl adjacent to an activating group) is 1. The zero-order valence-electron chi connectivity index (χ0n) is 10.6. The summed E-state index contributed by atoms with van der Waals surface area (Å²) >= 11 is 0. The molecule has 0 aromatic heterocycles. The van der Waals surface area contributed by atoms with Crippen molar-refractivity contribution in [2.45, 2.75) is 13.8 Å². The number of hydrogen-bond donors (Lipinski definition) is 0. The van der Waals surface area contributed by atoms with Gasteiger partial charge < -0.3 is 14.5 Å². The van der Waals surface area contributed by atoms with Crippen molar-refractivity contribution < 1.29 is 19.1 Å². The Balaban J connectivity index is 2.73. The lowest BCUT2D eigenvalue weighted by Crippen LogP contribution is -2.55. The molecular formula is C11H18N2O4. The van der Waals surface area contributed by atoms with Crippen molar-refractivity contribution in [1.29, 1.82) is 0 Å². The first-order valence-electron chi connectivity index (χ1n) is 5.42. The standard InChI is InChI=1S/C11H18N2O4/c1-11(2,10(16)17-4)7-13-6-5-12(3)8(14)9(13)15/h5-7H2,1-4H3. The molecule has 0 saturated carbocycles. The molecule has 1 fully saturated rings. The number of nitrogens with zero attached hydrogens (tertiary/aromatic N) is 2. The average molecular weight is 242 g/mol. The smallest absolute Gasteiger partial charge is 0.313 e. The topological polar surface area (TPSA) is 66.9 Å². The van der Waals surface area contributed by atoms with E-state index in [9.17, 15) is 14.4 Å². The predicted molar refractivity (Wildman–Crippen MR) is 60.0 cm³/mol. The van der Waals surface area contributed by atoms with Crippen LogP contribution in [0.25, 0.3) is 0 Å². The number of hydrogen-bond acceptors (Lipinski definition) is 4. The van der Waals surface area contributed by atoms with Gasteiger partial charge in [0.15, 0.2) is 0 Å². The molecule has 6 nitrogen and oxygen atoms in total. The molecule has 2 amide bonds. The summed E-state index contributed by atoms with van der Waals surface area (Å²) in [6.07, 6.45) is 0. The van der Waals surface area contributed by atoms with Gasteiger partial charge in [0.05, 0.1) is 12.5 Å². The third-order valence-corrected chi connectivity index (χ3v) is 2.85. The first kappa shape index (κ1) is 13.5. The summed E-state index contributed by atoms with van der Waals surface area (Å²) in [6.45, 7) is 4.51. The van der Waals surface area contributed by atoms with E-state index in [1.165, 1.54) is 16.9 Å². The Morgan fingerprint density at radius 3 is 2.41 bits per heavy atom. The first-order chi connectivity index (χ1) is 7.79. The molecule has 1 aliphatic rings. The van der Waals surface area contributed by atoms with Gasteiger partial charge in [-0.05, 0) is 13.8 Å². The molecule has 1 aliphatic heterocycles. The van der Waals surface area contributed by atoms with E-state index < -0.39 is 23.2 Å². The van der Waals surface area contributed by atoms with Crippen molar-refractivity contribution in [3.63, 3.8) is 0 Å². The van der Waals surface area contributed by atoms with E-state index in [0.29, 0.717) is 13.1 Å². The summed E-state index contributed by atoms with van der Waals surface area (Å²) in [5.74, 6) is -1.48. The molecule has 1 rings (SSSR count). The summed E-state index contributed by atoms with van der Waals surface area (Å²) in [5, 5.41) is 0. The van der Waals surface area contributed by atoms with Gasteiger partial charge in [0.1, 0.15) is 0 Å². The molecule has 1 heterocycles. The van der Waals surface area contributed by atoms with Gasteiger partial charge in [0, 0.05) is 26.7 Å². The third-order valence-electron chi connectivity index (χ3n) is 2.85. The molecule has 17 heavy (non-hydrogen) atoms. The second-order valence-corrected chi connectivity index (χ2v) is 4.83. The number of carbonyl (C=O) groups is 3. The number of amides is 2. The van der Waals surface area contributed by atoms with Crippen LogP contribution >= 0.6 is 0 Å². The highest BCUT2D eigenvalue weighted by Gasteiger charge is 2.37. The fourth-order valence-corrected chi connectivity index (χ4v) is 1.74. The van der Waals surface area contributed by atoms with Crippen LogP contribution in [0.2, 0.25) is 0 Å². The Hall–Kier alpha value is -1.59. The van der Waals surface area contributed by atoms with Crippen LogP contribution in [0.15, 0.2) is 0 Å². The third kappa shape index (κ3) is 2.75. The summed E-state index contributed by atoms with van der Waals surface area (Å²) in [4.78, 5) is 37.5. The molecule has 0 aliphatic carbocycles. The molecule has 0 N–H and O–H groups in total. The van der Waals surface area contributed by atoms with Crippen molar-refractivity contribution >= 4 is 17.8 Å². The molecule has 1 saturated heterocycles. The van der Waals surface area contributed by atoms with Crippen LogP contribution in [-0.2, 0) is 19.1 Å². The Morgan fingerprint density at radius 2 is 1.88 bits per heavy atom. The molecule has 0 bridgehead atoms. The van der Waals surface area contributed by atoms with Gasteiger partial charge >= 0.3 is 17.8 Å². The Bertz CT molecular complexity index is 351. The highest BCUT2D eigenvalue weighted by atomic mass is 16.5.